The van der Waals surface area contributed by atoms with Crippen molar-refractivity contribution in [1.82, 2.24) is 19.7 Å². The zero-order valence-corrected chi connectivity index (χ0v) is 14.1. The van der Waals surface area contributed by atoms with E-state index < -0.39 is 0 Å². The van der Waals surface area contributed by atoms with E-state index in [-0.39, 0.29) is 5.82 Å². The second kappa shape index (κ2) is 6.40. The minimum atomic E-state index is -0.334. The summed E-state index contributed by atoms with van der Waals surface area (Å²) in [6.45, 7) is 1.83. The number of nitrogens with one attached hydrogen (secondary N) is 1. The Hall–Kier alpha value is -2.54. The standard InChI is InChI=1S/C18H21FN6/c1-11-22-17(24-13-8-6-12(20)7-9-13)14-10-21-25(18(14)23-11)16-5-3-2-4-15(16)19/h2-5,10,12-13H,6-9,20H2,1H3,(H,22,23,24). The molecule has 1 aliphatic carbocycles. The lowest BCUT2D eigenvalue weighted by Crippen LogP contribution is -2.33. The maximum absolute atomic E-state index is 14.2. The zero-order valence-electron chi connectivity index (χ0n) is 14.1. The molecule has 1 aromatic carbocycles. The molecule has 0 aliphatic heterocycles. The van der Waals surface area contributed by atoms with E-state index in [1.165, 1.54) is 10.7 Å². The van der Waals surface area contributed by atoms with Crippen LogP contribution in [0, 0.1) is 12.7 Å². The highest BCUT2D eigenvalue weighted by Gasteiger charge is 2.21. The molecule has 1 saturated carbocycles. The highest BCUT2D eigenvalue weighted by atomic mass is 19.1. The summed E-state index contributed by atoms with van der Waals surface area (Å²) in [5.74, 6) is 1.05. The van der Waals surface area contributed by atoms with Crippen LogP contribution in [0.3, 0.4) is 0 Å². The molecule has 1 fully saturated rings. The fraction of sp³-hybridized carbons (Fsp3) is 0.389. The number of halogens is 1. The molecule has 2 aromatic heterocycles. The number of nitrogens with zero attached hydrogens (tertiary/aromatic N) is 4. The Labute approximate surface area is 145 Å². The number of fused-ring (bicyclic) bond motifs is 1. The first-order valence-corrected chi connectivity index (χ1v) is 8.61. The summed E-state index contributed by atoms with van der Waals surface area (Å²) in [5.41, 5.74) is 6.97. The molecule has 25 heavy (non-hydrogen) atoms. The first-order chi connectivity index (χ1) is 12.1. The monoisotopic (exact) mass is 340 g/mol. The predicted molar refractivity (Wildman–Crippen MR) is 95.2 cm³/mol. The maximum atomic E-state index is 14.2. The Morgan fingerprint density at radius 3 is 2.68 bits per heavy atom. The molecule has 1 aliphatic rings. The average molecular weight is 340 g/mol. The smallest absolute Gasteiger partial charge is 0.168 e. The number of nitrogens with two attached hydrogens (primary N) is 1. The molecule has 0 unspecified atom stereocenters. The summed E-state index contributed by atoms with van der Waals surface area (Å²) >= 11 is 0. The molecule has 3 aromatic rings. The molecule has 6 nitrogen and oxygen atoms in total. The summed E-state index contributed by atoms with van der Waals surface area (Å²) in [7, 11) is 0. The number of hydrogen-bond acceptors (Lipinski definition) is 5. The first kappa shape index (κ1) is 16.0. The van der Waals surface area contributed by atoms with Gasteiger partial charge in [-0.25, -0.2) is 19.0 Å². The molecule has 0 spiro atoms. The zero-order chi connectivity index (χ0) is 17.4. The minimum Gasteiger partial charge on any atom is -0.367 e. The van der Waals surface area contributed by atoms with Crippen molar-refractivity contribution in [2.45, 2.75) is 44.7 Å². The SMILES string of the molecule is Cc1nc(NC2CCC(N)CC2)c2cnn(-c3ccccc3F)c2n1. The fourth-order valence-corrected chi connectivity index (χ4v) is 3.38. The third-order valence-corrected chi connectivity index (χ3v) is 4.73. The van der Waals surface area contributed by atoms with Crippen LogP contribution in [0.2, 0.25) is 0 Å². The lowest BCUT2D eigenvalue weighted by Gasteiger charge is -2.27. The first-order valence-electron chi connectivity index (χ1n) is 8.61. The number of rotatable bonds is 3. The minimum absolute atomic E-state index is 0.300. The van der Waals surface area contributed by atoms with E-state index in [0.29, 0.717) is 29.2 Å². The summed E-state index contributed by atoms with van der Waals surface area (Å²) in [4.78, 5) is 9.02. The van der Waals surface area contributed by atoms with Crippen LogP contribution in [0.4, 0.5) is 10.2 Å². The third-order valence-electron chi connectivity index (χ3n) is 4.73. The van der Waals surface area contributed by atoms with Gasteiger partial charge in [0.25, 0.3) is 0 Å². The van der Waals surface area contributed by atoms with Crippen LogP contribution < -0.4 is 11.1 Å². The van der Waals surface area contributed by atoms with Crippen molar-refractivity contribution in [2.75, 3.05) is 5.32 Å². The van der Waals surface area contributed by atoms with Crippen LogP contribution in [0.5, 0.6) is 0 Å². The van der Waals surface area contributed by atoms with Gasteiger partial charge in [0.05, 0.1) is 11.6 Å². The van der Waals surface area contributed by atoms with Gasteiger partial charge in [-0.1, -0.05) is 12.1 Å². The maximum Gasteiger partial charge on any atom is 0.168 e. The Morgan fingerprint density at radius 1 is 1.16 bits per heavy atom. The second-order valence-corrected chi connectivity index (χ2v) is 6.62. The van der Waals surface area contributed by atoms with E-state index in [0.717, 1.165) is 36.9 Å². The van der Waals surface area contributed by atoms with Crippen LogP contribution >= 0.6 is 0 Å². The van der Waals surface area contributed by atoms with Crippen molar-refractivity contribution in [3.05, 3.63) is 42.1 Å². The largest absolute Gasteiger partial charge is 0.367 e. The van der Waals surface area contributed by atoms with Gasteiger partial charge in [-0.05, 0) is 44.7 Å². The molecule has 0 radical (unpaired) electrons. The van der Waals surface area contributed by atoms with Gasteiger partial charge in [0, 0.05) is 12.1 Å². The van der Waals surface area contributed by atoms with Gasteiger partial charge in [-0.3, -0.25) is 0 Å². The average Bonchev–Trinajstić information content (AvgIpc) is 3.01. The van der Waals surface area contributed by atoms with Gasteiger partial charge in [-0.15, -0.1) is 0 Å². The number of anilines is 1. The summed E-state index contributed by atoms with van der Waals surface area (Å²) in [5, 5.41) is 8.65. The van der Waals surface area contributed by atoms with Crippen molar-refractivity contribution >= 4 is 16.9 Å². The lowest BCUT2D eigenvalue weighted by molar-refractivity contribution is 0.410. The summed E-state index contributed by atoms with van der Waals surface area (Å²) < 4.78 is 15.7. The third kappa shape index (κ3) is 3.07. The highest BCUT2D eigenvalue weighted by Crippen LogP contribution is 2.27. The number of hydrogen-bond donors (Lipinski definition) is 2. The molecule has 2 heterocycles. The van der Waals surface area contributed by atoms with Crippen LogP contribution in [0.15, 0.2) is 30.5 Å². The molecule has 0 saturated heterocycles. The predicted octanol–water partition coefficient (Wildman–Crippen LogP) is 2.94. The van der Waals surface area contributed by atoms with Crippen LogP contribution in [-0.4, -0.2) is 31.8 Å². The highest BCUT2D eigenvalue weighted by molar-refractivity contribution is 5.87. The van der Waals surface area contributed by atoms with E-state index in [4.69, 9.17) is 5.73 Å². The molecule has 0 amide bonds. The Kier molecular flexibility index (Phi) is 4.09. The molecular weight excluding hydrogens is 319 g/mol. The topological polar surface area (TPSA) is 81.6 Å². The van der Waals surface area contributed by atoms with Gasteiger partial charge in [-0.2, -0.15) is 5.10 Å². The van der Waals surface area contributed by atoms with E-state index in [1.807, 2.05) is 6.92 Å². The lowest BCUT2D eigenvalue weighted by atomic mass is 9.92. The van der Waals surface area contributed by atoms with Crippen molar-refractivity contribution in [2.24, 2.45) is 5.73 Å². The van der Waals surface area contributed by atoms with Gasteiger partial charge in [0.2, 0.25) is 0 Å². The number of aryl methyl sites for hydroxylation is 1. The fourth-order valence-electron chi connectivity index (χ4n) is 3.38. The van der Waals surface area contributed by atoms with Gasteiger partial charge in [0.15, 0.2) is 5.65 Å². The van der Waals surface area contributed by atoms with E-state index >= 15 is 0 Å². The molecule has 3 N–H and O–H groups in total. The van der Waals surface area contributed by atoms with Crippen LogP contribution in [-0.2, 0) is 0 Å². The van der Waals surface area contributed by atoms with Gasteiger partial charge < -0.3 is 11.1 Å². The summed E-state index contributed by atoms with van der Waals surface area (Å²) in [6, 6.07) is 7.19. The second-order valence-electron chi connectivity index (χ2n) is 6.62. The van der Waals surface area contributed by atoms with Gasteiger partial charge >= 0.3 is 0 Å². The number of benzene rings is 1. The van der Waals surface area contributed by atoms with Crippen molar-refractivity contribution in [3.63, 3.8) is 0 Å². The van der Waals surface area contributed by atoms with Crippen molar-refractivity contribution in [3.8, 4) is 5.69 Å². The van der Waals surface area contributed by atoms with E-state index in [2.05, 4.69) is 20.4 Å². The normalized spacial score (nSPS) is 20.8. The van der Waals surface area contributed by atoms with Gasteiger partial charge in [0.1, 0.15) is 23.1 Å². The Morgan fingerprint density at radius 2 is 1.92 bits per heavy atom. The van der Waals surface area contributed by atoms with Crippen LogP contribution in [0.1, 0.15) is 31.5 Å². The quantitative estimate of drug-likeness (QED) is 0.766. The number of aromatic nitrogens is 4. The Balaban J connectivity index is 1.73. The molecule has 0 bridgehead atoms. The van der Waals surface area contributed by atoms with Crippen molar-refractivity contribution in [1.29, 1.82) is 0 Å². The van der Waals surface area contributed by atoms with E-state index in [9.17, 15) is 4.39 Å². The molecular formula is C18H21FN6. The van der Waals surface area contributed by atoms with E-state index in [1.54, 1.807) is 24.4 Å². The van der Waals surface area contributed by atoms with Crippen molar-refractivity contribution < 1.29 is 4.39 Å². The number of para-hydroxylation sites is 1. The molecule has 4 rings (SSSR count). The molecule has 7 heteroatoms. The van der Waals surface area contributed by atoms with Crippen LogP contribution in [0.25, 0.3) is 16.7 Å². The Bertz CT molecular complexity index is 898. The summed E-state index contributed by atoms with van der Waals surface area (Å²) in [6.07, 6.45) is 5.76. The molecule has 0 atom stereocenters. The molecule has 130 valence electrons.